The summed E-state index contributed by atoms with van der Waals surface area (Å²) in [5.74, 6) is 0. The SMILES string of the molecule is COCc1ccc(-c2nc(-c3ccc(COC)cc3)c(-c3ccc(COC)cc3)nc2-c2ccc(COC)cc2)cc1. The van der Waals surface area contributed by atoms with Crippen LogP contribution in [-0.2, 0) is 45.4 Å². The molecule has 0 N–H and O–H groups in total. The third-order valence-corrected chi connectivity index (χ3v) is 7.05. The van der Waals surface area contributed by atoms with E-state index in [1.54, 1.807) is 28.4 Å². The highest BCUT2D eigenvalue weighted by Gasteiger charge is 2.20. The Labute approximate surface area is 247 Å². The quantitative estimate of drug-likeness (QED) is 0.156. The lowest BCUT2D eigenvalue weighted by atomic mass is 9.97. The maximum atomic E-state index is 5.36. The molecule has 0 fully saturated rings. The first-order chi connectivity index (χ1) is 20.6. The zero-order valence-corrected chi connectivity index (χ0v) is 24.6. The zero-order valence-electron chi connectivity index (χ0n) is 24.6. The first-order valence-electron chi connectivity index (χ1n) is 13.9. The molecule has 0 unspecified atom stereocenters. The lowest BCUT2D eigenvalue weighted by Gasteiger charge is -2.17. The Hall–Kier alpha value is -4.20. The molecule has 5 rings (SSSR count). The summed E-state index contributed by atoms with van der Waals surface area (Å²) in [7, 11) is 6.82. The first kappa shape index (κ1) is 29.3. The van der Waals surface area contributed by atoms with Gasteiger partial charge in [-0.2, -0.15) is 0 Å². The van der Waals surface area contributed by atoms with Gasteiger partial charge < -0.3 is 18.9 Å². The fourth-order valence-corrected chi connectivity index (χ4v) is 4.94. The van der Waals surface area contributed by atoms with Gasteiger partial charge in [0.1, 0.15) is 0 Å². The van der Waals surface area contributed by atoms with Crippen LogP contribution in [0.1, 0.15) is 22.3 Å². The summed E-state index contributed by atoms with van der Waals surface area (Å²) in [6.07, 6.45) is 0. The molecule has 0 spiro atoms. The van der Waals surface area contributed by atoms with Crippen molar-refractivity contribution >= 4 is 0 Å². The second-order valence-electron chi connectivity index (χ2n) is 10.1. The highest BCUT2D eigenvalue weighted by molar-refractivity contribution is 5.86. The lowest BCUT2D eigenvalue weighted by Crippen LogP contribution is -2.02. The lowest BCUT2D eigenvalue weighted by molar-refractivity contribution is 0.185. The van der Waals surface area contributed by atoms with Crippen LogP contribution in [0.2, 0.25) is 0 Å². The van der Waals surface area contributed by atoms with Crippen LogP contribution in [0.25, 0.3) is 45.0 Å². The number of aromatic nitrogens is 2. The van der Waals surface area contributed by atoms with E-state index < -0.39 is 0 Å². The monoisotopic (exact) mass is 560 g/mol. The topological polar surface area (TPSA) is 62.7 Å². The van der Waals surface area contributed by atoms with Crippen LogP contribution in [0.15, 0.2) is 97.1 Å². The molecule has 0 aliphatic rings. The van der Waals surface area contributed by atoms with Gasteiger partial charge in [0.15, 0.2) is 0 Å². The summed E-state index contributed by atoms with van der Waals surface area (Å²) in [5, 5.41) is 0. The molecule has 0 amide bonds. The van der Waals surface area contributed by atoms with Crippen molar-refractivity contribution in [3.8, 4) is 45.0 Å². The van der Waals surface area contributed by atoms with Gasteiger partial charge in [-0.1, -0.05) is 97.1 Å². The minimum atomic E-state index is 0.552. The Balaban J connectivity index is 1.73. The number of methoxy groups -OCH3 is 4. The molecule has 0 atom stereocenters. The van der Waals surface area contributed by atoms with Gasteiger partial charge in [0.2, 0.25) is 0 Å². The minimum absolute atomic E-state index is 0.552. The standard InChI is InChI=1S/C36H36N2O4/c1-39-21-25-5-13-29(14-6-25)33-34(30-15-7-26(8-16-30)22-40-2)38-36(32-19-11-28(12-20-32)24-42-4)35(37-33)31-17-9-27(10-18-31)23-41-3/h5-20H,21-24H2,1-4H3. The molecule has 42 heavy (non-hydrogen) atoms. The minimum Gasteiger partial charge on any atom is -0.380 e. The van der Waals surface area contributed by atoms with Gasteiger partial charge in [-0.25, -0.2) is 9.97 Å². The van der Waals surface area contributed by atoms with Crippen molar-refractivity contribution in [1.82, 2.24) is 9.97 Å². The average Bonchev–Trinajstić information content (AvgIpc) is 3.03. The predicted octanol–water partition coefficient (Wildman–Crippen LogP) is 7.73. The van der Waals surface area contributed by atoms with Crippen molar-refractivity contribution < 1.29 is 18.9 Å². The number of ether oxygens (including phenoxy) is 4. The number of nitrogens with zero attached hydrogens (tertiary/aromatic N) is 2. The summed E-state index contributed by atoms with van der Waals surface area (Å²) in [6.45, 7) is 2.21. The summed E-state index contributed by atoms with van der Waals surface area (Å²) in [5.41, 5.74) is 11.6. The molecule has 0 bridgehead atoms. The Morgan fingerprint density at radius 3 is 0.690 bits per heavy atom. The van der Waals surface area contributed by atoms with Crippen LogP contribution >= 0.6 is 0 Å². The van der Waals surface area contributed by atoms with Crippen LogP contribution in [-0.4, -0.2) is 38.4 Å². The van der Waals surface area contributed by atoms with Crippen molar-refractivity contribution in [3.05, 3.63) is 119 Å². The number of benzene rings is 4. The van der Waals surface area contributed by atoms with Gasteiger partial charge in [0.25, 0.3) is 0 Å². The van der Waals surface area contributed by atoms with Gasteiger partial charge in [-0.3, -0.25) is 0 Å². The van der Waals surface area contributed by atoms with E-state index in [0.29, 0.717) is 26.4 Å². The van der Waals surface area contributed by atoms with Gasteiger partial charge in [0.05, 0.1) is 49.2 Å². The maximum absolute atomic E-state index is 5.36. The summed E-state index contributed by atoms with van der Waals surface area (Å²) in [4.78, 5) is 10.7. The van der Waals surface area contributed by atoms with Gasteiger partial charge in [-0.15, -0.1) is 0 Å². The molecule has 0 saturated carbocycles. The Kier molecular flexibility index (Phi) is 9.85. The average molecular weight is 561 g/mol. The fourth-order valence-electron chi connectivity index (χ4n) is 4.94. The molecule has 0 radical (unpaired) electrons. The van der Waals surface area contributed by atoms with E-state index in [2.05, 4.69) is 97.1 Å². The largest absolute Gasteiger partial charge is 0.380 e. The third-order valence-electron chi connectivity index (χ3n) is 7.05. The number of hydrogen-bond acceptors (Lipinski definition) is 6. The van der Waals surface area contributed by atoms with Crippen LogP contribution in [0.4, 0.5) is 0 Å². The van der Waals surface area contributed by atoms with E-state index in [1.165, 1.54) is 0 Å². The van der Waals surface area contributed by atoms with Gasteiger partial charge >= 0.3 is 0 Å². The highest BCUT2D eigenvalue weighted by atomic mass is 16.5. The van der Waals surface area contributed by atoms with E-state index in [-0.39, 0.29) is 0 Å². The third kappa shape index (κ3) is 6.81. The summed E-state index contributed by atoms with van der Waals surface area (Å²) in [6, 6.07) is 33.3. The first-order valence-corrected chi connectivity index (χ1v) is 13.9. The van der Waals surface area contributed by atoms with Gasteiger partial charge in [0, 0.05) is 50.7 Å². The molecule has 0 aliphatic heterocycles. The Bertz CT molecular complexity index is 1340. The molecule has 6 heteroatoms. The Morgan fingerprint density at radius 2 is 0.524 bits per heavy atom. The second kappa shape index (κ2) is 14.1. The predicted molar refractivity (Wildman–Crippen MR) is 167 cm³/mol. The Morgan fingerprint density at radius 1 is 0.333 bits per heavy atom. The highest BCUT2D eigenvalue weighted by Crippen LogP contribution is 2.37. The van der Waals surface area contributed by atoms with Crippen molar-refractivity contribution in [1.29, 1.82) is 0 Å². The van der Waals surface area contributed by atoms with E-state index in [1.807, 2.05) is 0 Å². The van der Waals surface area contributed by atoms with Crippen LogP contribution in [0.5, 0.6) is 0 Å². The van der Waals surface area contributed by atoms with Crippen molar-refractivity contribution in [2.45, 2.75) is 26.4 Å². The molecular weight excluding hydrogens is 524 g/mol. The zero-order chi connectivity index (χ0) is 29.3. The molecular formula is C36H36N2O4. The maximum Gasteiger partial charge on any atom is 0.0973 e. The van der Waals surface area contributed by atoms with Crippen molar-refractivity contribution in [2.24, 2.45) is 0 Å². The normalized spacial score (nSPS) is 11.1. The molecule has 1 heterocycles. The molecule has 4 aromatic carbocycles. The molecule has 1 aromatic heterocycles. The second-order valence-corrected chi connectivity index (χ2v) is 10.1. The van der Waals surface area contributed by atoms with E-state index in [0.717, 1.165) is 67.3 Å². The van der Waals surface area contributed by atoms with Crippen LogP contribution in [0, 0.1) is 0 Å². The van der Waals surface area contributed by atoms with Gasteiger partial charge in [-0.05, 0) is 22.3 Å². The molecule has 5 aromatic rings. The summed E-state index contributed by atoms with van der Waals surface area (Å²) < 4.78 is 21.3. The van der Waals surface area contributed by atoms with Crippen molar-refractivity contribution in [3.63, 3.8) is 0 Å². The fraction of sp³-hybridized carbons (Fsp3) is 0.222. The molecule has 0 saturated heterocycles. The van der Waals surface area contributed by atoms with E-state index in [4.69, 9.17) is 28.9 Å². The van der Waals surface area contributed by atoms with E-state index >= 15 is 0 Å². The van der Waals surface area contributed by atoms with E-state index in [9.17, 15) is 0 Å². The van der Waals surface area contributed by atoms with Crippen LogP contribution < -0.4 is 0 Å². The smallest absolute Gasteiger partial charge is 0.0973 e. The molecule has 214 valence electrons. The number of hydrogen-bond donors (Lipinski definition) is 0. The molecule has 0 aliphatic carbocycles. The van der Waals surface area contributed by atoms with Crippen molar-refractivity contribution in [2.75, 3.05) is 28.4 Å². The number of rotatable bonds is 12. The summed E-state index contributed by atoms with van der Waals surface area (Å²) >= 11 is 0. The van der Waals surface area contributed by atoms with Crippen LogP contribution in [0.3, 0.4) is 0 Å². The molecule has 6 nitrogen and oxygen atoms in total.